The zero-order chi connectivity index (χ0) is 17.4. The van der Waals surface area contributed by atoms with E-state index in [0.717, 1.165) is 11.1 Å². The lowest BCUT2D eigenvalue weighted by Crippen LogP contribution is -1.74. The lowest BCUT2D eigenvalue weighted by Gasteiger charge is -1.99. The standard InChI is InChI=1S/C12H10N2.C6H4Br2O2/c1(11-3-7-13-8-4-11)2-12-5-9-14-10-6-12;7-3-1-4(8)6(10)2-5(3)9/h1-10H;1-2,9-10H/b2-1+;. The van der Waals surface area contributed by atoms with E-state index in [1.54, 1.807) is 30.9 Å². The zero-order valence-electron chi connectivity index (χ0n) is 12.5. The molecule has 0 aliphatic rings. The van der Waals surface area contributed by atoms with Gasteiger partial charge in [0.15, 0.2) is 0 Å². The van der Waals surface area contributed by atoms with Crippen molar-refractivity contribution in [2.24, 2.45) is 0 Å². The van der Waals surface area contributed by atoms with Gasteiger partial charge >= 0.3 is 0 Å². The minimum absolute atomic E-state index is 0.0284. The van der Waals surface area contributed by atoms with Gasteiger partial charge in [0.25, 0.3) is 0 Å². The van der Waals surface area contributed by atoms with Gasteiger partial charge in [-0.15, -0.1) is 0 Å². The fourth-order valence-corrected chi connectivity index (χ4v) is 2.66. The van der Waals surface area contributed by atoms with Crippen LogP contribution in [0.5, 0.6) is 11.5 Å². The van der Waals surface area contributed by atoms with Gasteiger partial charge in [-0.05, 0) is 73.3 Å². The summed E-state index contributed by atoms with van der Waals surface area (Å²) in [6.45, 7) is 0. The van der Waals surface area contributed by atoms with Gasteiger partial charge in [-0.2, -0.15) is 0 Å². The van der Waals surface area contributed by atoms with Crippen molar-refractivity contribution in [1.29, 1.82) is 0 Å². The van der Waals surface area contributed by atoms with Crippen molar-refractivity contribution in [1.82, 2.24) is 9.97 Å². The van der Waals surface area contributed by atoms with Gasteiger partial charge in [0.2, 0.25) is 0 Å². The molecule has 4 nitrogen and oxygen atoms in total. The molecule has 3 rings (SSSR count). The molecule has 0 unspecified atom stereocenters. The molecule has 122 valence electrons. The fourth-order valence-electron chi connectivity index (χ4n) is 1.67. The Kier molecular flexibility index (Phi) is 6.96. The van der Waals surface area contributed by atoms with Crippen LogP contribution in [0.2, 0.25) is 0 Å². The number of rotatable bonds is 2. The molecule has 3 aromatic rings. The summed E-state index contributed by atoms with van der Waals surface area (Å²) in [5.41, 5.74) is 2.30. The predicted molar refractivity (Wildman–Crippen MR) is 103 cm³/mol. The molecule has 0 aliphatic heterocycles. The second-order valence-corrected chi connectivity index (χ2v) is 6.36. The summed E-state index contributed by atoms with van der Waals surface area (Å²) >= 11 is 6.18. The van der Waals surface area contributed by atoms with Gasteiger partial charge in [0, 0.05) is 30.9 Å². The van der Waals surface area contributed by atoms with E-state index in [0.29, 0.717) is 8.95 Å². The predicted octanol–water partition coefficient (Wildman–Crippen LogP) is 5.27. The van der Waals surface area contributed by atoms with Crippen LogP contribution in [0.4, 0.5) is 0 Å². The third-order valence-corrected chi connectivity index (χ3v) is 4.17. The van der Waals surface area contributed by atoms with Crippen molar-refractivity contribution in [3.05, 3.63) is 81.3 Å². The Morgan fingerprint density at radius 3 is 1.38 bits per heavy atom. The topological polar surface area (TPSA) is 66.2 Å². The number of nitrogens with zero attached hydrogens (tertiary/aromatic N) is 2. The highest BCUT2D eigenvalue weighted by Crippen LogP contribution is 2.34. The average molecular weight is 450 g/mol. The molecular formula is C18H14Br2N2O2. The number of phenols is 2. The molecule has 0 saturated carbocycles. The van der Waals surface area contributed by atoms with Crippen LogP contribution in [0.15, 0.2) is 70.1 Å². The van der Waals surface area contributed by atoms with Gasteiger partial charge < -0.3 is 10.2 Å². The van der Waals surface area contributed by atoms with Crippen LogP contribution in [0.25, 0.3) is 12.2 Å². The smallest absolute Gasteiger partial charge is 0.133 e. The highest BCUT2D eigenvalue weighted by atomic mass is 79.9. The lowest BCUT2D eigenvalue weighted by atomic mass is 10.2. The minimum atomic E-state index is 0.0284. The van der Waals surface area contributed by atoms with Crippen molar-refractivity contribution >= 4 is 44.0 Å². The second kappa shape index (κ2) is 9.20. The molecule has 0 radical (unpaired) electrons. The largest absolute Gasteiger partial charge is 0.507 e. The zero-order valence-corrected chi connectivity index (χ0v) is 15.6. The van der Waals surface area contributed by atoms with Crippen LogP contribution in [0.3, 0.4) is 0 Å². The molecule has 2 aromatic heterocycles. The maximum Gasteiger partial charge on any atom is 0.133 e. The molecule has 0 spiro atoms. The maximum absolute atomic E-state index is 9.00. The van der Waals surface area contributed by atoms with Gasteiger partial charge in [0.05, 0.1) is 8.95 Å². The van der Waals surface area contributed by atoms with Crippen molar-refractivity contribution in [2.45, 2.75) is 0 Å². The monoisotopic (exact) mass is 448 g/mol. The van der Waals surface area contributed by atoms with E-state index in [1.165, 1.54) is 6.07 Å². The summed E-state index contributed by atoms with van der Waals surface area (Å²) in [5.74, 6) is 0.0569. The highest BCUT2D eigenvalue weighted by molar-refractivity contribution is 9.11. The van der Waals surface area contributed by atoms with Gasteiger partial charge in [-0.25, -0.2) is 0 Å². The number of hydrogen-bond donors (Lipinski definition) is 2. The summed E-state index contributed by atoms with van der Waals surface area (Å²) in [7, 11) is 0. The lowest BCUT2D eigenvalue weighted by molar-refractivity contribution is 0.446. The van der Waals surface area contributed by atoms with E-state index >= 15 is 0 Å². The number of pyridine rings is 2. The molecule has 0 aliphatic carbocycles. The van der Waals surface area contributed by atoms with E-state index in [9.17, 15) is 0 Å². The Bertz CT molecular complexity index is 718. The number of halogens is 2. The molecule has 6 heteroatoms. The molecule has 1 aromatic carbocycles. The molecule has 0 atom stereocenters. The summed E-state index contributed by atoms with van der Waals surface area (Å²) in [6, 6.07) is 10.7. The molecule has 2 N–H and O–H groups in total. The molecule has 0 saturated heterocycles. The summed E-state index contributed by atoms with van der Waals surface area (Å²) in [4.78, 5) is 7.91. The summed E-state index contributed by atoms with van der Waals surface area (Å²) < 4.78 is 1.11. The SMILES string of the molecule is C(=C\c1ccncc1)/c1ccncc1.Oc1cc(O)c(Br)cc1Br. The first-order valence-electron chi connectivity index (χ1n) is 6.91. The number of hydrogen-bond acceptors (Lipinski definition) is 4. The molecule has 24 heavy (non-hydrogen) atoms. The van der Waals surface area contributed by atoms with Crippen molar-refractivity contribution in [3.63, 3.8) is 0 Å². The van der Waals surface area contributed by atoms with Crippen LogP contribution in [0, 0.1) is 0 Å². The third kappa shape index (κ3) is 5.79. The van der Waals surface area contributed by atoms with Crippen molar-refractivity contribution in [3.8, 4) is 11.5 Å². The first-order valence-corrected chi connectivity index (χ1v) is 8.50. The van der Waals surface area contributed by atoms with E-state index in [-0.39, 0.29) is 11.5 Å². The van der Waals surface area contributed by atoms with Gasteiger partial charge in [-0.1, -0.05) is 12.2 Å². The molecule has 0 bridgehead atoms. The molecule has 0 fully saturated rings. The van der Waals surface area contributed by atoms with Gasteiger partial charge in [-0.3, -0.25) is 9.97 Å². The van der Waals surface area contributed by atoms with Crippen LogP contribution < -0.4 is 0 Å². The Labute approximate surface area is 156 Å². The first-order chi connectivity index (χ1) is 11.6. The quantitative estimate of drug-likeness (QED) is 0.559. The Balaban J connectivity index is 0.000000185. The van der Waals surface area contributed by atoms with Crippen molar-refractivity contribution < 1.29 is 10.2 Å². The summed E-state index contributed by atoms with van der Waals surface area (Å²) in [6.07, 6.45) is 11.2. The third-order valence-electron chi connectivity index (χ3n) is 2.90. The van der Waals surface area contributed by atoms with Crippen LogP contribution >= 0.6 is 31.9 Å². The minimum Gasteiger partial charge on any atom is -0.507 e. The van der Waals surface area contributed by atoms with Crippen LogP contribution in [0.1, 0.15) is 11.1 Å². The number of phenolic OH excluding ortho intramolecular Hbond substituents is 2. The summed E-state index contributed by atoms with van der Waals surface area (Å²) in [5, 5.41) is 18.0. The van der Waals surface area contributed by atoms with E-state index in [1.807, 2.05) is 24.3 Å². The van der Waals surface area contributed by atoms with Crippen LogP contribution in [-0.2, 0) is 0 Å². The molecular weight excluding hydrogens is 436 g/mol. The second-order valence-electron chi connectivity index (χ2n) is 4.65. The van der Waals surface area contributed by atoms with Crippen LogP contribution in [-0.4, -0.2) is 20.2 Å². The number of aromatic nitrogens is 2. The Morgan fingerprint density at radius 2 is 1.04 bits per heavy atom. The molecule has 0 amide bonds. The van der Waals surface area contributed by atoms with Crippen molar-refractivity contribution in [2.75, 3.05) is 0 Å². The van der Waals surface area contributed by atoms with Gasteiger partial charge in [0.1, 0.15) is 11.5 Å². The first kappa shape index (κ1) is 18.2. The average Bonchev–Trinajstić information content (AvgIpc) is 2.61. The van der Waals surface area contributed by atoms with E-state index < -0.39 is 0 Å². The highest BCUT2D eigenvalue weighted by Gasteiger charge is 2.02. The number of benzene rings is 1. The Morgan fingerprint density at radius 1 is 0.667 bits per heavy atom. The Hall–Kier alpha value is -2.18. The van der Waals surface area contributed by atoms with E-state index in [4.69, 9.17) is 10.2 Å². The van der Waals surface area contributed by atoms with E-state index in [2.05, 4.69) is 54.0 Å². The molecule has 2 heterocycles. The maximum atomic E-state index is 9.00. The number of aromatic hydroxyl groups is 2. The normalized spacial score (nSPS) is 10.2. The fraction of sp³-hybridized carbons (Fsp3) is 0.